The molecule has 0 atom stereocenters. The molecule has 0 aliphatic carbocycles. The zero-order valence-electron chi connectivity index (χ0n) is 16.6. The van der Waals surface area contributed by atoms with Crippen molar-refractivity contribution in [3.05, 3.63) is 52.8 Å². The van der Waals surface area contributed by atoms with Gasteiger partial charge in [0, 0.05) is 23.5 Å². The van der Waals surface area contributed by atoms with E-state index in [1.54, 1.807) is 12.1 Å². The van der Waals surface area contributed by atoms with Gasteiger partial charge in [-0.1, -0.05) is 28.1 Å². The van der Waals surface area contributed by atoms with Crippen molar-refractivity contribution in [2.24, 2.45) is 5.92 Å². The van der Waals surface area contributed by atoms with Gasteiger partial charge >= 0.3 is 0 Å². The number of piperidine rings is 1. The zero-order chi connectivity index (χ0) is 21.1. The van der Waals surface area contributed by atoms with Gasteiger partial charge in [-0.2, -0.15) is 0 Å². The first-order valence-electron chi connectivity index (χ1n) is 9.95. The Hall–Kier alpha value is -2.74. The third kappa shape index (κ3) is 4.38. The second kappa shape index (κ2) is 8.95. The summed E-state index contributed by atoms with van der Waals surface area (Å²) in [6.07, 6.45) is 1.29. The normalized spacial score (nSPS) is 14.7. The van der Waals surface area contributed by atoms with E-state index in [0.717, 1.165) is 11.0 Å². The topological polar surface area (TPSA) is 67.4 Å². The number of rotatable bonds is 5. The van der Waals surface area contributed by atoms with E-state index >= 15 is 0 Å². The number of carbonyl (C=O) groups is 1. The summed E-state index contributed by atoms with van der Waals surface area (Å²) in [5.74, 6) is 0.408. The Morgan fingerprint density at radius 2 is 1.90 bits per heavy atom. The van der Waals surface area contributed by atoms with Crippen LogP contribution in [0, 0.1) is 11.7 Å². The molecule has 156 valence electrons. The molecule has 1 aliphatic heterocycles. The molecule has 2 heterocycles. The molecule has 1 fully saturated rings. The van der Waals surface area contributed by atoms with Gasteiger partial charge in [0.15, 0.2) is 5.82 Å². The summed E-state index contributed by atoms with van der Waals surface area (Å²) in [5, 5.41) is 2.71. The molecular weight excluding hydrogens is 451 g/mol. The molecule has 30 heavy (non-hydrogen) atoms. The Morgan fingerprint density at radius 3 is 2.57 bits per heavy atom. The molecule has 1 aromatic heterocycles. The standard InChI is InChI=1S/C22H22BrFN4O2/c1-2-30-22-20(25-18-5-3-4-6-19(18)27-22)28-11-9-14(10-12-28)21(29)26-17-8-7-15(23)13-16(17)24/h3-8,13-14H,2,9-12H2,1H3,(H,26,29). The second-order valence-corrected chi connectivity index (χ2v) is 8.06. The van der Waals surface area contributed by atoms with Gasteiger partial charge in [-0.3, -0.25) is 4.79 Å². The SMILES string of the molecule is CCOc1nc2ccccc2nc1N1CCC(C(=O)Nc2ccc(Br)cc2F)CC1. The van der Waals surface area contributed by atoms with Crippen molar-refractivity contribution < 1.29 is 13.9 Å². The average molecular weight is 473 g/mol. The van der Waals surface area contributed by atoms with Crippen LogP contribution in [0.15, 0.2) is 46.9 Å². The van der Waals surface area contributed by atoms with Gasteiger partial charge in [-0.05, 0) is 50.1 Å². The van der Waals surface area contributed by atoms with Crippen LogP contribution in [0.4, 0.5) is 15.9 Å². The van der Waals surface area contributed by atoms with Gasteiger partial charge < -0.3 is 15.0 Å². The first-order chi connectivity index (χ1) is 14.5. The van der Waals surface area contributed by atoms with Crippen molar-refractivity contribution >= 4 is 44.4 Å². The summed E-state index contributed by atoms with van der Waals surface area (Å²) in [6.45, 7) is 3.71. The molecule has 4 rings (SSSR count). The number of benzene rings is 2. The maximum absolute atomic E-state index is 14.0. The Balaban J connectivity index is 1.46. The predicted octanol–water partition coefficient (Wildman–Crippen LogP) is 4.79. The molecule has 3 aromatic rings. The summed E-state index contributed by atoms with van der Waals surface area (Å²) in [6, 6.07) is 12.3. The Labute approximate surface area is 182 Å². The Kier molecular flexibility index (Phi) is 6.13. The summed E-state index contributed by atoms with van der Waals surface area (Å²) in [4.78, 5) is 24.1. The van der Waals surface area contributed by atoms with Gasteiger partial charge in [-0.15, -0.1) is 0 Å². The number of amides is 1. The molecule has 0 spiro atoms. The van der Waals surface area contributed by atoms with E-state index in [0.29, 0.717) is 48.7 Å². The fourth-order valence-electron chi connectivity index (χ4n) is 3.59. The monoisotopic (exact) mass is 472 g/mol. The van der Waals surface area contributed by atoms with Gasteiger partial charge in [0.1, 0.15) is 5.82 Å². The number of ether oxygens (including phenoxy) is 1. The fourth-order valence-corrected chi connectivity index (χ4v) is 3.93. The quantitative estimate of drug-likeness (QED) is 0.578. The lowest BCUT2D eigenvalue weighted by Gasteiger charge is -2.32. The molecule has 6 nitrogen and oxygen atoms in total. The van der Waals surface area contributed by atoms with Crippen molar-refractivity contribution in [1.82, 2.24) is 9.97 Å². The van der Waals surface area contributed by atoms with E-state index < -0.39 is 5.82 Å². The summed E-state index contributed by atoms with van der Waals surface area (Å²) >= 11 is 3.22. The number of nitrogens with one attached hydrogen (secondary N) is 1. The first kappa shape index (κ1) is 20.5. The second-order valence-electron chi connectivity index (χ2n) is 7.15. The lowest BCUT2D eigenvalue weighted by Crippen LogP contribution is -2.39. The number of anilines is 2. The Morgan fingerprint density at radius 1 is 1.20 bits per heavy atom. The van der Waals surface area contributed by atoms with Crippen molar-refractivity contribution in [3.8, 4) is 5.88 Å². The van der Waals surface area contributed by atoms with E-state index in [1.165, 1.54) is 6.07 Å². The minimum absolute atomic E-state index is 0.162. The molecule has 0 unspecified atom stereocenters. The minimum Gasteiger partial charge on any atom is -0.475 e. The third-order valence-corrected chi connectivity index (χ3v) is 5.65. The molecule has 1 saturated heterocycles. The van der Waals surface area contributed by atoms with Crippen molar-refractivity contribution in [2.45, 2.75) is 19.8 Å². The smallest absolute Gasteiger partial charge is 0.258 e. The van der Waals surface area contributed by atoms with E-state index in [2.05, 4.69) is 31.1 Å². The van der Waals surface area contributed by atoms with E-state index in [1.807, 2.05) is 31.2 Å². The van der Waals surface area contributed by atoms with Gasteiger partial charge in [0.2, 0.25) is 5.91 Å². The van der Waals surface area contributed by atoms with Crippen LogP contribution in [0.1, 0.15) is 19.8 Å². The predicted molar refractivity (Wildman–Crippen MR) is 118 cm³/mol. The highest BCUT2D eigenvalue weighted by Crippen LogP contribution is 2.31. The number of hydrogen-bond donors (Lipinski definition) is 1. The molecule has 1 N–H and O–H groups in total. The van der Waals surface area contributed by atoms with E-state index in [9.17, 15) is 9.18 Å². The van der Waals surface area contributed by atoms with Crippen LogP contribution in [-0.4, -0.2) is 35.6 Å². The average Bonchev–Trinajstić information content (AvgIpc) is 2.75. The number of fused-ring (bicyclic) bond motifs is 1. The van der Waals surface area contributed by atoms with Gasteiger partial charge in [0.05, 0.1) is 23.3 Å². The molecule has 0 radical (unpaired) electrons. The lowest BCUT2D eigenvalue weighted by atomic mass is 9.95. The summed E-state index contributed by atoms with van der Waals surface area (Å²) in [7, 11) is 0. The third-order valence-electron chi connectivity index (χ3n) is 5.16. The van der Waals surface area contributed by atoms with Gasteiger partial charge in [0.25, 0.3) is 5.88 Å². The van der Waals surface area contributed by atoms with Crippen LogP contribution >= 0.6 is 15.9 Å². The molecule has 1 amide bonds. The molecule has 0 saturated carbocycles. The highest BCUT2D eigenvalue weighted by Gasteiger charge is 2.28. The summed E-state index contributed by atoms with van der Waals surface area (Å²) < 4.78 is 20.4. The summed E-state index contributed by atoms with van der Waals surface area (Å²) in [5.41, 5.74) is 1.79. The number of nitrogens with zero attached hydrogens (tertiary/aromatic N) is 3. The van der Waals surface area contributed by atoms with Crippen LogP contribution in [0.25, 0.3) is 11.0 Å². The number of halogens is 2. The van der Waals surface area contributed by atoms with E-state index in [4.69, 9.17) is 9.72 Å². The number of para-hydroxylation sites is 2. The van der Waals surface area contributed by atoms with Crippen molar-refractivity contribution in [1.29, 1.82) is 0 Å². The largest absolute Gasteiger partial charge is 0.475 e. The van der Waals surface area contributed by atoms with Crippen molar-refractivity contribution in [3.63, 3.8) is 0 Å². The lowest BCUT2D eigenvalue weighted by molar-refractivity contribution is -0.120. The van der Waals surface area contributed by atoms with E-state index in [-0.39, 0.29) is 17.5 Å². The van der Waals surface area contributed by atoms with Crippen LogP contribution in [-0.2, 0) is 4.79 Å². The molecule has 0 bridgehead atoms. The maximum Gasteiger partial charge on any atom is 0.258 e. The van der Waals surface area contributed by atoms with Crippen molar-refractivity contribution in [2.75, 3.05) is 29.9 Å². The minimum atomic E-state index is -0.456. The first-order valence-corrected chi connectivity index (χ1v) is 10.7. The number of hydrogen-bond acceptors (Lipinski definition) is 5. The maximum atomic E-state index is 14.0. The zero-order valence-corrected chi connectivity index (χ0v) is 18.2. The molecule has 2 aromatic carbocycles. The number of aromatic nitrogens is 2. The number of carbonyl (C=O) groups excluding carboxylic acids is 1. The van der Waals surface area contributed by atoms with Crippen LogP contribution < -0.4 is 15.0 Å². The highest BCUT2D eigenvalue weighted by atomic mass is 79.9. The molecule has 8 heteroatoms. The fraction of sp³-hybridized carbons (Fsp3) is 0.318. The van der Waals surface area contributed by atoms with Crippen LogP contribution in [0.3, 0.4) is 0 Å². The Bertz CT molecular complexity index is 1070. The highest BCUT2D eigenvalue weighted by molar-refractivity contribution is 9.10. The van der Waals surface area contributed by atoms with Gasteiger partial charge in [-0.25, -0.2) is 14.4 Å². The molecular formula is C22H22BrFN4O2. The molecule has 1 aliphatic rings. The van der Waals surface area contributed by atoms with Crippen LogP contribution in [0.2, 0.25) is 0 Å². The van der Waals surface area contributed by atoms with Crippen LogP contribution in [0.5, 0.6) is 5.88 Å².